The van der Waals surface area contributed by atoms with Crippen LogP contribution in [-0.4, -0.2) is 206 Å². The number of fused-ring (bicyclic) bond motifs is 3. The Bertz CT molecular complexity index is 4850. The van der Waals surface area contributed by atoms with E-state index in [-0.39, 0.29) is 31.4 Å². The highest BCUT2D eigenvalue weighted by Crippen LogP contribution is 2.40. The third kappa shape index (κ3) is 14.3. The van der Waals surface area contributed by atoms with Gasteiger partial charge in [-0.05, 0) is 136 Å². The van der Waals surface area contributed by atoms with Gasteiger partial charge in [0, 0.05) is 149 Å². The van der Waals surface area contributed by atoms with E-state index in [0.717, 1.165) is 127 Å². The summed E-state index contributed by atoms with van der Waals surface area (Å²) in [7, 11) is -5.69. The first kappa shape index (κ1) is 68.2. The zero-order valence-corrected chi connectivity index (χ0v) is 57.0. The lowest BCUT2D eigenvalue weighted by Crippen LogP contribution is -2.36. The van der Waals surface area contributed by atoms with Gasteiger partial charge in [0.25, 0.3) is 30.1 Å². The zero-order chi connectivity index (χ0) is 68.5. The summed E-state index contributed by atoms with van der Waals surface area (Å²) in [6.07, 6.45) is 13.0. The average Bonchev–Trinajstić information content (AvgIpc) is 1.60. The van der Waals surface area contributed by atoms with Gasteiger partial charge >= 0.3 is 6.18 Å². The molecule has 0 amide bonds. The average molecular weight is 1400 g/mol. The summed E-state index contributed by atoms with van der Waals surface area (Å²) in [5.74, 6) is 1.76. The van der Waals surface area contributed by atoms with Crippen LogP contribution in [0.3, 0.4) is 0 Å². The van der Waals surface area contributed by atoms with Crippen molar-refractivity contribution in [2.45, 2.75) is 40.1 Å². The molecule has 0 spiro atoms. The lowest BCUT2D eigenvalue weighted by molar-refractivity contribution is -0.137. The topological polar surface area (TPSA) is 203 Å². The van der Waals surface area contributed by atoms with Crippen molar-refractivity contribution in [1.82, 2.24) is 41.6 Å². The molecule has 28 heteroatoms. The summed E-state index contributed by atoms with van der Waals surface area (Å²) in [6, 6.07) is 25.0. The minimum absolute atomic E-state index is 0.0322. The molecule has 3 aromatic carbocycles. The van der Waals surface area contributed by atoms with Crippen molar-refractivity contribution in [3.8, 4) is 0 Å². The first-order chi connectivity index (χ1) is 47.1. The number of rotatable bonds is 12. The van der Waals surface area contributed by atoms with Crippen molar-refractivity contribution in [2.75, 3.05) is 154 Å². The molecule has 0 radical (unpaired) electrons. The summed E-state index contributed by atoms with van der Waals surface area (Å²) in [6.45, 7) is 12.9. The summed E-state index contributed by atoms with van der Waals surface area (Å²) in [5.41, 5.74) is 5.85. The molecular formula is C70H76F4N12O9S3. The van der Waals surface area contributed by atoms with Crippen molar-refractivity contribution in [1.29, 1.82) is 0 Å². The van der Waals surface area contributed by atoms with Crippen LogP contribution in [0.4, 0.5) is 35.0 Å². The Labute approximate surface area is 567 Å². The van der Waals surface area contributed by atoms with Crippen LogP contribution in [0.2, 0.25) is 0 Å². The molecule has 516 valence electrons. The highest BCUT2D eigenvalue weighted by molar-refractivity contribution is 7.90. The predicted octanol–water partition coefficient (Wildman–Crippen LogP) is 9.64. The number of benzene rings is 3. The Balaban J connectivity index is 0.000000133. The number of para-hydroxylation sites is 1. The molecule has 0 N–H and O–H groups in total. The fourth-order valence-electron chi connectivity index (χ4n) is 13.0. The maximum absolute atomic E-state index is 14.1. The second-order valence-corrected chi connectivity index (χ2v) is 30.5. The third-order valence-corrected chi connectivity index (χ3v) is 23.6. The zero-order valence-electron chi connectivity index (χ0n) is 54.6. The van der Waals surface area contributed by atoms with Gasteiger partial charge in [-0.2, -0.15) is 13.2 Å². The number of hydrogen-bond donors (Lipinski definition) is 0. The van der Waals surface area contributed by atoms with Crippen molar-refractivity contribution in [3.05, 3.63) is 181 Å². The molecule has 15 rings (SSSR count). The molecule has 0 saturated carbocycles. The second-order valence-electron chi connectivity index (χ2n) is 25.0. The highest BCUT2D eigenvalue weighted by atomic mass is 32.2. The molecule has 9 aromatic rings. The van der Waals surface area contributed by atoms with Gasteiger partial charge in [-0.1, -0.05) is 36.4 Å². The smallest absolute Gasteiger partial charge is 0.378 e. The van der Waals surface area contributed by atoms with E-state index in [1.165, 1.54) is 68.6 Å². The molecule has 98 heavy (non-hydrogen) atoms. The van der Waals surface area contributed by atoms with Crippen LogP contribution >= 0.6 is 0 Å². The maximum atomic E-state index is 14.1. The molecular weight excluding hydrogens is 1330 g/mol. The molecule has 0 unspecified atom stereocenters. The van der Waals surface area contributed by atoms with Gasteiger partial charge < -0.3 is 43.6 Å². The normalized spacial score (nSPS) is 18.2. The van der Waals surface area contributed by atoms with Crippen LogP contribution in [0.5, 0.6) is 0 Å². The molecule has 6 aliphatic rings. The van der Waals surface area contributed by atoms with Crippen molar-refractivity contribution >= 4 is 97.0 Å². The van der Waals surface area contributed by atoms with Gasteiger partial charge in [0.05, 0.1) is 61.8 Å². The van der Waals surface area contributed by atoms with Crippen LogP contribution < -0.4 is 14.7 Å². The fraction of sp³-hybridized carbons (Fsp3) is 0.357. The van der Waals surface area contributed by atoms with Gasteiger partial charge in [0.1, 0.15) is 38.0 Å². The fourth-order valence-corrected chi connectivity index (χ4v) is 16.9. The van der Waals surface area contributed by atoms with Gasteiger partial charge in [0.2, 0.25) is 0 Å². The molecule has 3 fully saturated rings. The van der Waals surface area contributed by atoms with E-state index in [4.69, 9.17) is 14.2 Å². The van der Waals surface area contributed by atoms with Crippen LogP contribution in [0, 0.1) is 5.82 Å². The second kappa shape index (κ2) is 28.5. The number of hydrogen-bond acceptors (Lipinski definition) is 18. The van der Waals surface area contributed by atoms with E-state index < -0.39 is 41.8 Å². The van der Waals surface area contributed by atoms with Crippen molar-refractivity contribution in [3.63, 3.8) is 0 Å². The van der Waals surface area contributed by atoms with E-state index in [9.17, 15) is 42.8 Å². The Kier molecular flexibility index (Phi) is 19.8. The van der Waals surface area contributed by atoms with Crippen LogP contribution in [0.15, 0.2) is 167 Å². The number of nitrogens with zero attached hydrogens (tertiary/aromatic N) is 12. The first-order valence-corrected chi connectivity index (χ1v) is 36.8. The predicted molar refractivity (Wildman–Crippen MR) is 371 cm³/mol. The molecule has 21 nitrogen and oxygen atoms in total. The van der Waals surface area contributed by atoms with E-state index in [1.54, 1.807) is 42.7 Å². The summed E-state index contributed by atoms with van der Waals surface area (Å²) >= 11 is 0. The van der Waals surface area contributed by atoms with Crippen molar-refractivity contribution < 1.29 is 57.0 Å². The van der Waals surface area contributed by atoms with E-state index in [1.807, 2.05) is 49.3 Å². The van der Waals surface area contributed by atoms with Gasteiger partial charge in [-0.25, -0.2) is 56.5 Å². The Morgan fingerprint density at radius 3 is 1.10 bits per heavy atom. The molecule has 6 aliphatic heterocycles. The Morgan fingerprint density at radius 1 is 0.408 bits per heavy atom. The summed E-state index contributed by atoms with van der Waals surface area (Å²) in [5, 5.41) is 1.82. The monoisotopic (exact) mass is 1400 g/mol. The molecule has 0 bridgehead atoms. The molecule has 0 aliphatic carbocycles. The minimum atomic E-state index is -4.53. The number of ether oxygens (including phenoxy) is 3. The summed E-state index contributed by atoms with van der Waals surface area (Å²) in [4.78, 5) is 26.1. The SMILES string of the molecule is CN1CC=C(c2cn(S(=O)(=O)c3ccc(N4CCOCC4)nc3)c3ccc(C(F)(F)F)cc23)CC1.CN1CC=C(c2cn(S(=O)(=O)c3ccc(N4CCOCC4)nc3)c3ccc(F)cc23)CC1.CN1CC=C(c2cn(S(=O)(=O)c3ccc(N4CCOCC4)nc3)c3ccccc23)CC1. The standard InChI is InChI=1S/C24H25F3N4O3S.C23H25FN4O3S.C23H26N4O3S/c1-29-8-6-17(7-9-29)21-16-31(22-4-2-18(14-20(21)22)24(25,26)27)35(32,33)19-3-5-23(28-15-19)30-10-12-34-13-11-30;1-26-8-6-17(7-9-26)21-16-28(22-4-2-18(24)14-20(21)22)32(29,30)19-3-5-23(25-15-19)27-10-12-31-13-11-27;1-25-10-8-18(9-11-25)21-17-27(22-5-3-2-4-20(21)22)31(28,29)19-6-7-23(24-16-19)26-12-14-30-15-13-26/h2-6,14-16H,7-13H2,1H3;2-6,14-16H,7-13H2,1H3;2-8,16-17H,9-15H2,1H3. The number of pyridine rings is 3. The first-order valence-electron chi connectivity index (χ1n) is 32.5. The molecule has 3 saturated heterocycles. The summed E-state index contributed by atoms with van der Waals surface area (Å²) < 4.78 is 156. The van der Waals surface area contributed by atoms with Crippen LogP contribution in [0.25, 0.3) is 49.4 Å². The van der Waals surface area contributed by atoms with Crippen LogP contribution in [-0.2, 0) is 50.5 Å². The van der Waals surface area contributed by atoms with Gasteiger partial charge in [-0.15, -0.1) is 0 Å². The van der Waals surface area contributed by atoms with Crippen LogP contribution in [0.1, 0.15) is 41.5 Å². The largest absolute Gasteiger partial charge is 0.416 e. The number of likely N-dealkylation sites (N-methyl/N-ethyl adjacent to an activating group) is 3. The minimum Gasteiger partial charge on any atom is -0.378 e. The van der Waals surface area contributed by atoms with Gasteiger partial charge in [0.15, 0.2) is 0 Å². The van der Waals surface area contributed by atoms with E-state index in [2.05, 4.69) is 58.7 Å². The number of halogens is 4. The van der Waals surface area contributed by atoms with Gasteiger partial charge in [-0.3, -0.25) is 0 Å². The lowest BCUT2D eigenvalue weighted by Gasteiger charge is -2.27. The molecule has 0 atom stereocenters. The number of alkyl halides is 3. The lowest BCUT2D eigenvalue weighted by atomic mass is 9.98. The third-order valence-electron chi connectivity index (χ3n) is 18.6. The molecule has 12 heterocycles. The number of anilines is 3. The highest BCUT2D eigenvalue weighted by Gasteiger charge is 2.34. The van der Waals surface area contributed by atoms with E-state index >= 15 is 0 Å². The van der Waals surface area contributed by atoms with Crippen molar-refractivity contribution in [2.24, 2.45) is 0 Å². The van der Waals surface area contributed by atoms with E-state index in [0.29, 0.717) is 93.5 Å². The number of aromatic nitrogens is 6. The Morgan fingerprint density at radius 2 is 0.755 bits per heavy atom. The molecule has 6 aromatic heterocycles. The maximum Gasteiger partial charge on any atom is 0.416 e. The Hall–Kier alpha value is -8.32. The quantitative estimate of drug-likeness (QED) is 0.104. The number of morpholine rings is 3.